The molecule has 1 amide bonds. The molecule has 0 radical (unpaired) electrons. The summed E-state index contributed by atoms with van der Waals surface area (Å²) in [5.74, 6) is 0.700. The quantitative estimate of drug-likeness (QED) is 0.390. The fraction of sp³-hybridized carbons (Fsp3) is 0.250. The largest absolute Gasteiger partial charge is 0.351 e. The zero-order valence-corrected chi connectivity index (χ0v) is 19.6. The van der Waals surface area contributed by atoms with E-state index in [1.165, 1.54) is 0 Å². The van der Waals surface area contributed by atoms with Crippen molar-refractivity contribution in [2.24, 2.45) is 0 Å². The van der Waals surface area contributed by atoms with Crippen LogP contribution >= 0.6 is 0 Å². The predicted molar refractivity (Wildman–Crippen MR) is 137 cm³/mol. The highest BCUT2D eigenvalue weighted by Gasteiger charge is 2.28. The molecular weight excluding hydrogens is 438 g/mol. The van der Waals surface area contributed by atoms with Gasteiger partial charge >= 0.3 is 0 Å². The van der Waals surface area contributed by atoms with Crippen LogP contribution in [0, 0.1) is 0 Å². The van der Waals surface area contributed by atoms with Crippen molar-refractivity contribution in [2.45, 2.75) is 44.7 Å². The van der Waals surface area contributed by atoms with Gasteiger partial charge in [0.1, 0.15) is 5.69 Å². The maximum Gasteiger partial charge on any atom is 0.224 e. The van der Waals surface area contributed by atoms with Crippen molar-refractivity contribution in [1.29, 1.82) is 0 Å². The number of anilines is 2. The molecule has 4 aromatic rings. The third-order valence-corrected chi connectivity index (χ3v) is 6.61. The van der Waals surface area contributed by atoms with Gasteiger partial charge in [0, 0.05) is 48.0 Å². The molecule has 0 aliphatic heterocycles. The molecule has 0 bridgehead atoms. The Kier molecular flexibility index (Phi) is 6.48. The van der Waals surface area contributed by atoms with Crippen LogP contribution in [-0.2, 0) is 4.79 Å². The van der Waals surface area contributed by atoms with E-state index < -0.39 is 0 Å². The molecule has 0 spiro atoms. The van der Waals surface area contributed by atoms with E-state index in [2.05, 4.69) is 20.3 Å². The second kappa shape index (κ2) is 10.0. The molecule has 5 rings (SSSR count). The summed E-state index contributed by atoms with van der Waals surface area (Å²) in [6.07, 6.45) is 7.97. The fourth-order valence-electron chi connectivity index (χ4n) is 4.81. The highest BCUT2D eigenvalue weighted by atomic mass is 16.2. The number of rotatable bonds is 6. The van der Waals surface area contributed by atoms with Crippen LogP contribution < -0.4 is 10.2 Å². The molecule has 1 aliphatic rings. The van der Waals surface area contributed by atoms with E-state index in [0.717, 1.165) is 59.7 Å². The average molecular weight is 466 g/mol. The van der Waals surface area contributed by atoms with E-state index in [0.29, 0.717) is 11.6 Å². The first-order chi connectivity index (χ1) is 17.1. The number of nitrogens with zero attached hydrogens (tertiary/aromatic N) is 4. The normalized spacial score (nSPS) is 17.6. The van der Waals surface area contributed by atoms with Crippen LogP contribution in [0.5, 0.6) is 0 Å². The van der Waals surface area contributed by atoms with Gasteiger partial charge in [0.2, 0.25) is 11.9 Å². The number of hydrogen-bond acceptors (Lipinski definition) is 6. The Morgan fingerprint density at radius 2 is 1.66 bits per heavy atom. The van der Waals surface area contributed by atoms with E-state index in [1.807, 2.05) is 65.7 Å². The lowest BCUT2D eigenvalue weighted by molar-refractivity contribution is -0.117. The summed E-state index contributed by atoms with van der Waals surface area (Å²) in [6.45, 7) is 1.63. The number of aldehydes is 1. The number of amides is 1. The van der Waals surface area contributed by atoms with Crippen molar-refractivity contribution in [1.82, 2.24) is 15.0 Å². The molecule has 7 heteroatoms. The van der Waals surface area contributed by atoms with Gasteiger partial charge in [0.05, 0.1) is 5.52 Å². The van der Waals surface area contributed by atoms with Crippen LogP contribution in [-0.4, -0.2) is 39.2 Å². The highest BCUT2D eigenvalue weighted by molar-refractivity contribution is 5.92. The Labute approximate surface area is 204 Å². The van der Waals surface area contributed by atoms with Crippen LogP contribution in [0.15, 0.2) is 73.1 Å². The van der Waals surface area contributed by atoms with Crippen LogP contribution in [0.4, 0.5) is 11.6 Å². The first kappa shape index (κ1) is 22.7. The lowest BCUT2D eigenvalue weighted by Crippen LogP contribution is -2.43. The van der Waals surface area contributed by atoms with E-state index in [4.69, 9.17) is 0 Å². The second-order valence-electron chi connectivity index (χ2n) is 8.93. The standard InChI is InChI=1S/C28H27N5O2/c1-19(35)33(25-12-7-20(8-13-25)21-6-9-24(18-34)29-16-21)26-14-10-23(11-15-26)31-28-30-17-22-4-2-3-5-27(22)32-28/h2-9,12-13,16-18,23,26H,10-11,14-15H2,1H3,(H,30,31,32). The smallest absolute Gasteiger partial charge is 0.224 e. The minimum atomic E-state index is 0.0454. The number of para-hydroxylation sites is 1. The Balaban J connectivity index is 1.24. The lowest BCUT2D eigenvalue weighted by atomic mass is 9.89. The van der Waals surface area contributed by atoms with Gasteiger partial charge in [-0.05, 0) is 55.5 Å². The molecule has 35 heavy (non-hydrogen) atoms. The van der Waals surface area contributed by atoms with Crippen molar-refractivity contribution in [3.8, 4) is 11.1 Å². The molecule has 2 aromatic carbocycles. The second-order valence-corrected chi connectivity index (χ2v) is 8.93. The first-order valence-electron chi connectivity index (χ1n) is 11.9. The van der Waals surface area contributed by atoms with Crippen molar-refractivity contribution in [3.05, 3.63) is 78.8 Å². The zero-order valence-electron chi connectivity index (χ0n) is 19.6. The van der Waals surface area contributed by atoms with Crippen molar-refractivity contribution < 1.29 is 9.59 Å². The zero-order chi connectivity index (χ0) is 24.2. The summed E-state index contributed by atoms with van der Waals surface area (Å²) in [5, 5.41) is 4.51. The van der Waals surface area contributed by atoms with Gasteiger partial charge in [-0.2, -0.15) is 0 Å². The number of hydrogen-bond donors (Lipinski definition) is 1. The molecule has 0 saturated heterocycles. The molecule has 0 unspecified atom stereocenters. The fourth-order valence-corrected chi connectivity index (χ4v) is 4.81. The number of nitrogens with one attached hydrogen (secondary N) is 1. The molecule has 176 valence electrons. The molecule has 2 aromatic heterocycles. The van der Waals surface area contributed by atoms with Crippen molar-refractivity contribution in [2.75, 3.05) is 10.2 Å². The van der Waals surface area contributed by atoms with Crippen LogP contribution in [0.25, 0.3) is 22.0 Å². The molecular formula is C28H27N5O2. The minimum Gasteiger partial charge on any atom is -0.351 e. The summed E-state index contributed by atoms with van der Waals surface area (Å²) >= 11 is 0. The van der Waals surface area contributed by atoms with E-state index in [1.54, 1.807) is 19.2 Å². The summed E-state index contributed by atoms with van der Waals surface area (Å²) in [7, 11) is 0. The molecule has 1 fully saturated rings. The van der Waals surface area contributed by atoms with Gasteiger partial charge in [-0.3, -0.25) is 14.6 Å². The number of fused-ring (bicyclic) bond motifs is 1. The lowest BCUT2D eigenvalue weighted by Gasteiger charge is -2.36. The van der Waals surface area contributed by atoms with Gasteiger partial charge in [0.15, 0.2) is 6.29 Å². The number of carbonyl (C=O) groups excluding carboxylic acids is 2. The molecule has 1 aliphatic carbocycles. The third kappa shape index (κ3) is 5.04. The monoisotopic (exact) mass is 465 g/mol. The Morgan fingerprint density at radius 1 is 0.914 bits per heavy atom. The van der Waals surface area contributed by atoms with Crippen LogP contribution in [0.1, 0.15) is 43.1 Å². The summed E-state index contributed by atoms with van der Waals surface area (Å²) < 4.78 is 0. The summed E-state index contributed by atoms with van der Waals surface area (Å²) in [5.41, 5.74) is 4.16. The highest BCUT2D eigenvalue weighted by Crippen LogP contribution is 2.30. The summed E-state index contributed by atoms with van der Waals surface area (Å²) in [6, 6.07) is 19.9. The Hall–Kier alpha value is -4.13. The number of carbonyl (C=O) groups is 2. The topological polar surface area (TPSA) is 88.1 Å². The number of aromatic nitrogens is 3. The van der Waals surface area contributed by atoms with Gasteiger partial charge in [0.25, 0.3) is 0 Å². The van der Waals surface area contributed by atoms with E-state index in [-0.39, 0.29) is 18.0 Å². The maximum atomic E-state index is 12.6. The molecule has 1 saturated carbocycles. The number of benzene rings is 2. The molecule has 1 N–H and O–H groups in total. The van der Waals surface area contributed by atoms with E-state index in [9.17, 15) is 9.59 Å². The third-order valence-electron chi connectivity index (χ3n) is 6.61. The molecule has 0 atom stereocenters. The van der Waals surface area contributed by atoms with Crippen molar-refractivity contribution in [3.63, 3.8) is 0 Å². The van der Waals surface area contributed by atoms with Crippen LogP contribution in [0.3, 0.4) is 0 Å². The first-order valence-corrected chi connectivity index (χ1v) is 11.9. The SMILES string of the molecule is CC(=O)N(c1ccc(-c2ccc(C=O)nc2)cc1)C1CCC(Nc2ncc3ccccc3n2)CC1. The van der Waals surface area contributed by atoms with E-state index >= 15 is 0 Å². The van der Waals surface area contributed by atoms with Crippen LogP contribution in [0.2, 0.25) is 0 Å². The van der Waals surface area contributed by atoms with Gasteiger partial charge < -0.3 is 10.2 Å². The maximum absolute atomic E-state index is 12.6. The van der Waals surface area contributed by atoms with Crippen molar-refractivity contribution >= 4 is 34.7 Å². The Morgan fingerprint density at radius 3 is 2.34 bits per heavy atom. The predicted octanol–water partition coefficient (Wildman–Crippen LogP) is 5.28. The van der Waals surface area contributed by atoms with Gasteiger partial charge in [-0.25, -0.2) is 9.97 Å². The molecule has 7 nitrogen and oxygen atoms in total. The average Bonchev–Trinajstić information content (AvgIpc) is 2.90. The molecule has 2 heterocycles. The van der Waals surface area contributed by atoms with Gasteiger partial charge in [-0.1, -0.05) is 36.4 Å². The Bertz CT molecular complexity index is 1330. The van der Waals surface area contributed by atoms with Gasteiger partial charge in [-0.15, -0.1) is 0 Å². The minimum absolute atomic E-state index is 0.0454. The number of pyridine rings is 1. The summed E-state index contributed by atoms with van der Waals surface area (Å²) in [4.78, 5) is 38.6.